The van der Waals surface area contributed by atoms with Crippen molar-refractivity contribution in [1.82, 2.24) is 20.5 Å². The van der Waals surface area contributed by atoms with Crippen molar-refractivity contribution < 1.29 is 4.74 Å². The van der Waals surface area contributed by atoms with Crippen molar-refractivity contribution in [3.63, 3.8) is 0 Å². The molecule has 2 aliphatic rings. The molecule has 3 rings (SSSR count). The van der Waals surface area contributed by atoms with Crippen molar-refractivity contribution in [3.05, 3.63) is 11.6 Å². The highest BCUT2D eigenvalue weighted by molar-refractivity contribution is 4.98. The van der Waals surface area contributed by atoms with Crippen LogP contribution < -0.4 is 5.32 Å². The summed E-state index contributed by atoms with van der Waals surface area (Å²) in [6.45, 7) is 1.98. The Hall–Kier alpha value is -0.940. The summed E-state index contributed by atoms with van der Waals surface area (Å²) in [6, 6.07) is 0.564. The molecule has 5 heteroatoms. The van der Waals surface area contributed by atoms with Gasteiger partial charge in [0.2, 0.25) is 0 Å². The van der Waals surface area contributed by atoms with Crippen molar-refractivity contribution in [2.45, 2.75) is 50.7 Å². The molecule has 2 aliphatic heterocycles. The summed E-state index contributed by atoms with van der Waals surface area (Å²) in [7, 11) is 0. The first-order chi connectivity index (χ1) is 8.42. The minimum absolute atomic E-state index is 0.124. The van der Waals surface area contributed by atoms with Gasteiger partial charge in [-0.1, -0.05) is 6.42 Å². The molecular formula is C12H20N4O. The molecule has 94 valence electrons. The second kappa shape index (κ2) is 5.14. The average molecular weight is 236 g/mol. The molecule has 0 aliphatic carbocycles. The quantitative estimate of drug-likeness (QED) is 0.831. The summed E-state index contributed by atoms with van der Waals surface area (Å²) < 4.78 is 5.58. The highest BCUT2D eigenvalue weighted by atomic mass is 16.5. The molecule has 2 N–H and O–H groups in total. The zero-order valence-corrected chi connectivity index (χ0v) is 10.1. The van der Waals surface area contributed by atoms with Crippen molar-refractivity contribution >= 4 is 0 Å². The summed E-state index contributed by atoms with van der Waals surface area (Å²) >= 11 is 0. The number of piperidine rings is 1. The first kappa shape index (κ1) is 11.2. The maximum atomic E-state index is 5.58. The predicted molar refractivity (Wildman–Crippen MR) is 63.7 cm³/mol. The van der Waals surface area contributed by atoms with Crippen molar-refractivity contribution in [1.29, 1.82) is 0 Å². The number of aromatic nitrogens is 3. The molecule has 2 fully saturated rings. The van der Waals surface area contributed by atoms with Crippen molar-refractivity contribution in [3.8, 4) is 0 Å². The molecule has 3 heterocycles. The van der Waals surface area contributed by atoms with Gasteiger partial charge in [-0.2, -0.15) is 5.10 Å². The molecule has 17 heavy (non-hydrogen) atoms. The van der Waals surface area contributed by atoms with E-state index in [2.05, 4.69) is 20.5 Å². The van der Waals surface area contributed by atoms with E-state index in [9.17, 15) is 0 Å². The van der Waals surface area contributed by atoms with E-state index in [0.717, 1.165) is 44.1 Å². The van der Waals surface area contributed by atoms with E-state index in [1.54, 1.807) is 0 Å². The number of hydrogen-bond donors (Lipinski definition) is 2. The second-order valence-corrected chi connectivity index (χ2v) is 4.99. The Morgan fingerprint density at radius 1 is 1.24 bits per heavy atom. The maximum Gasteiger partial charge on any atom is 0.179 e. The molecule has 0 bridgehead atoms. The van der Waals surface area contributed by atoms with E-state index in [1.807, 2.05) is 0 Å². The van der Waals surface area contributed by atoms with Gasteiger partial charge < -0.3 is 10.1 Å². The Kier molecular flexibility index (Phi) is 3.38. The average Bonchev–Trinajstić information content (AvgIpc) is 3.00. The van der Waals surface area contributed by atoms with Crippen LogP contribution in [0, 0.1) is 0 Å². The van der Waals surface area contributed by atoms with Gasteiger partial charge in [-0.05, 0) is 32.2 Å². The number of nitrogens with zero attached hydrogens (tertiary/aromatic N) is 2. The highest BCUT2D eigenvalue weighted by Gasteiger charge is 2.22. The molecule has 0 saturated carbocycles. The van der Waals surface area contributed by atoms with Gasteiger partial charge in [0.1, 0.15) is 11.9 Å². The molecule has 0 radical (unpaired) electrons. The molecule has 5 nitrogen and oxygen atoms in total. The summed E-state index contributed by atoms with van der Waals surface area (Å²) in [5.41, 5.74) is 0. The largest absolute Gasteiger partial charge is 0.370 e. The first-order valence-electron chi connectivity index (χ1n) is 6.68. The standard InChI is InChI=1S/C12H20N4O/c1-2-6-13-9(4-1)8-11-14-12(16-15-11)10-5-3-7-17-10/h9-10,13H,1-8H2,(H,14,15,16). The topological polar surface area (TPSA) is 62.8 Å². The van der Waals surface area contributed by atoms with E-state index in [1.165, 1.54) is 19.3 Å². The summed E-state index contributed by atoms with van der Waals surface area (Å²) in [5.74, 6) is 1.84. The van der Waals surface area contributed by atoms with Gasteiger partial charge in [-0.25, -0.2) is 4.98 Å². The van der Waals surface area contributed by atoms with E-state index < -0.39 is 0 Å². The van der Waals surface area contributed by atoms with E-state index in [4.69, 9.17) is 4.74 Å². The van der Waals surface area contributed by atoms with Crippen LogP contribution in [0.3, 0.4) is 0 Å². The minimum atomic E-state index is 0.124. The number of hydrogen-bond acceptors (Lipinski definition) is 4. The molecule has 0 spiro atoms. The van der Waals surface area contributed by atoms with E-state index in [-0.39, 0.29) is 6.10 Å². The Balaban J connectivity index is 1.59. The van der Waals surface area contributed by atoms with Crippen LogP contribution in [0.15, 0.2) is 0 Å². The fourth-order valence-corrected chi connectivity index (χ4v) is 2.66. The minimum Gasteiger partial charge on any atom is -0.370 e. The van der Waals surface area contributed by atoms with Crippen LogP contribution in [-0.4, -0.2) is 34.4 Å². The number of ether oxygens (including phenoxy) is 1. The SMILES string of the molecule is C1CCC(Cc2nc(C3CCCO3)n[nH]2)NC1. The van der Waals surface area contributed by atoms with Crippen LogP contribution >= 0.6 is 0 Å². The van der Waals surface area contributed by atoms with Crippen LogP contribution in [0.5, 0.6) is 0 Å². The normalized spacial score (nSPS) is 29.6. The van der Waals surface area contributed by atoms with Crippen LogP contribution in [0.25, 0.3) is 0 Å². The zero-order chi connectivity index (χ0) is 11.5. The van der Waals surface area contributed by atoms with Crippen LogP contribution in [0.4, 0.5) is 0 Å². The van der Waals surface area contributed by atoms with Gasteiger partial charge in [0.25, 0.3) is 0 Å². The number of nitrogens with one attached hydrogen (secondary N) is 2. The van der Waals surface area contributed by atoms with Crippen molar-refractivity contribution in [2.75, 3.05) is 13.2 Å². The first-order valence-corrected chi connectivity index (χ1v) is 6.68. The molecule has 1 aromatic heterocycles. The third-order valence-electron chi connectivity index (χ3n) is 3.62. The lowest BCUT2D eigenvalue weighted by atomic mass is 10.0. The molecule has 2 unspecified atom stereocenters. The number of rotatable bonds is 3. The monoisotopic (exact) mass is 236 g/mol. The summed E-state index contributed by atoms with van der Waals surface area (Å²) in [6.07, 6.45) is 7.13. The second-order valence-electron chi connectivity index (χ2n) is 4.99. The number of aromatic amines is 1. The number of H-pyrrole nitrogens is 1. The smallest absolute Gasteiger partial charge is 0.179 e. The highest BCUT2D eigenvalue weighted by Crippen LogP contribution is 2.25. The molecular weight excluding hydrogens is 216 g/mol. The maximum absolute atomic E-state index is 5.58. The van der Waals surface area contributed by atoms with Crippen LogP contribution in [-0.2, 0) is 11.2 Å². The molecule has 2 saturated heterocycles. The van der Waals surface area contributed by atoms with Gasteiger partial charge in [0.05, 0.1) is 0 Å². The van der Waals surface area contributed by atoms with Crippen molar-refractivity contribution in [2.24, 2.45) is 0 Å². The van der Waals surface area contributed by atoms with Gasteiger partial charge >= 0.3 is 0 Å². The lowest BCUT2D eigenvalue weighted by molar-refractivity contribution is 0.105. The van der Waals surface area contributed by atoms with Gasteiger partial charge in [0, 0.05) is 19.1 Å². The van der Waals surface area contributed by atoms with E-state index in [0.29, 0.717) is 6.04 Å². The Morgan fingerprint density at radius 2 is 2.24 bits per heavy atom. The fourth-order valence-electron chi connectivity index (χ4n) is 2.66. The van der Waals surface area contributed by atoms with Crippen LogP contribution in [0.2, 0.25) is 0 Å². The summed E-state index contributed by atoms with van der Waals surface area (Å²) in [4.78, 5) is 4.55. The predicted octanol–water partition coefficient (Wildman–Crippen LogP) is 1.34. The third kappa shape index (κ3) is 2.66. The third-order valence-corrected chi connectivity index (χ3v) is 3.62. The Labute approximate surface area is 101 Å². The summed E-state index contributed by atoms with van der Waals surface area (Å²) in [5, 5.41) is 10.9. The van der Waals surface area contributed by atoms with Crippen LogP contribution in [0.1, 0.15) is 49.9 Å². The fraction of sp³-hybridized carbons (Fsp3) is 0.833. The Bertz CT molecular complexity index is 353. The van der Waals surface area contributed by atoms with E-state index >= 15 is 0 Å². The molecule has 1 aromatic rings. The lowest BCUT2D eigenvalue weighted by Crippen LogP contribution is -2.35. The zero-order valence-electron chi connectivity index (χ0n) is 10.1. The van der Waals surface area contributed by atoms with Gasteiger partial charge in [-0.15, -0.1) is 0 Å². The lowest BCUT2D eigenvalue weighted by Gasteiger charge is -2.22. The molecule has 2 atom stereocenters. The molecule has 0 aromatic carbocycles. The van der Waals surface area contributed by atoms with Gasteiger partial charge in [0.15, 0.2) is 5.82 Å². The molecule has 0 amide bonds. The Morgan fingerprint density at radius 3 is 3.00 bits per heavy atom. The van der Waals surface area contributed by atoms with Gasteiger partial charge in [-0.3, -0.25) is 5.10 Å².